The monoisotopic (exact) mass is 293 g/mol. The van der Waals surface area contributed by atoms with Crippen molar-refractivity contribution in [2.45, 2.75) is 52.6 Å². The van der Waals surface area contributed by atoms with E-state index < -0.39 is 0 Å². The lowest BCUT2D eigenvalue weighted by atomic mass is 10.1. The maximum absolute atomic E-state index is 11.0. The molecule has 1 rings (SSSR count). The highest BCUT2D eigenvalue weighted by molar-refractivity contribution is 5.56. The topological polar surface area (TPSA) is 58.4 Å². The van der Waals surface area contributed by atoms with Crippen molar-refractivity contribution in [3.63, 3.8) is 0 Å². The molecule has 0 saturated heterocycles. The van der Waals surface area contributed by atoms with Gasteiger partial charge >= 0.3 is 0 Å². The average molecular weight is 293 g/mol. The molecule has 1 unspecified atom stereocenters. The fraction of sp³-hybridized carbons (Fsp3) is 0.625. The Kier molecular flexibility index (Phi) is 7.15. The summed E-state index contributed by atoms with van der Waals surface area (Å²) in [5, 5.41) is 14.3. The Labute approximate surface area is 127 Å². The van der Waals surface area contributed by atoms with E-state index in [0.717, 1.165) is 43.6 Å². The van der Waals surface area contributed by atoms with E-state index >= 15 is 0 Å². The number of nitrogens with zero attached hydrogens (tertiary/aromatic N) is 2. The zero-order valence-electron chi connectivity index (χ0n) is 13.6. The van der Waals surface area contributed by atoms with E-state index in [2.05, 4.69) is 38.0 Å². The van der Waals surface area contributed by atoms with Crippen molar-refractivity contribution >= 4 is 11.4 Å². The molecule has 1 N–H and O–H groups in total. The van der Waals surface area contributed by atoms with Crippen LogP contribution in [0.4, 0.5) is 11.4 Å². The Hall–Kier alpha value is -1.62. The van der Waals surface area contributed by atoms with Gasteiger partial charge in [0.2, 0.25) is 0 Å². The zero-order chi connectivity index (χ0) is 15.8. The molecule has 0 aliphatic heterocycles. The van der Waals surface area contributed by atoms with Crippen LogP contribution in [-0.4, -0.2) is 29.5 Å². The van der Waals surface area contributed by atoms with E-state index in [0.29, 0.717) is 6.04 Å². The molecule has 0 aromatic heterocycles. The molecule has 1 aromatic carbocycles. The molecule has 0 radical (unpaired) electrons. The molecule has 118 valence electrons. The minimum Gasteiger partial charge on any atom is -0.385 e. The molecule has 0 amide bonds. The van der Waals surface area contributed by atoms with Gasteiger partial charge in [-0.1, -0.05) is 20.3 Å². The molecule has 0 heterocycles. The summed E-state index contributed by atoms with van der Waals surface area (Å²) < 4.78 is 0. The number of hydrogen-bond acceptors (Lipinski definition) is 4. The van der Waals surface area contributed by atoms with Crippen LogP contribution in [-0.2, 0) is 6.54 Å². The van der Waals surface area contributed by atoms with Gasteiger partial charge in [-0.05, 0) is 38.4 Å². The van der Waals surface area contributed by atoms with Gasteiger partial charge in [-0.15, -0.1) is 0 Å². The molecule has 5 heteroatoms. The summed E-state index contributed by atoms with van der Waals surface area (Å²) in [6.07, 6.45) is 3.29. The molecule has 0 saturated carbocycles. The van der Waals surface area contributed by atoms with E-state index in [4.69, 9.17) is 0 Å². The van der Waals surface area contributed by atoms with Gasteiger partial charge < -0.3 is 5.32 Å². The second kappa shape index (κ2) is 8.62. The van der Waals surface area contributed by atoms with Crippen LogP contribution in [0.3, 0.4) is 0 Å². The number of rotatable bonds is 9. The van der Waals surface area contributed by atoms with Crippen LogP contribution in [0.2, 0.25) is 0 Å². The van der Waals surface area contributed by atoms with Crippen molar-refractivity contribution < 1.29 is 4.92 Å². The number of nitro benzene ring substituents is 1. The maximum Gasteiger partial charge on any atom is 0.269 e. The van der Waals surface area contributed by atoms with Gasteiger partial charge in [-0.3, -0.25) is 15.0 Å². The molecule has 21 heavy (non-hydrogen) atoms. The lowest BCUT2D eigenvalue weighted by Crippen LogP contribution is -2.28. The van der Waals surface area contributed by atoms with Gasteiger partial charge in [0.05, 0.1) is 4.92 Å². The van der Waals surface area contributed by atoms with Crippen molar-refractivity contribution in [1.29, 1.82) is 0 Å². The Morgan fingerprint density at radius 2 is 2.05 bits per heavy atom. The lowest BCUT2D eigenvalue weighted by molar-refractivity contribution is -0.384. The number of nitro groups is 1. The first-order valence-corrected chi connectivity index (χ1v) is 7.71. The van der Waals surface area contributed by atoms with E-state index in [9.17, 15) is 10.1 Å². The molecule has 0 aliphatic carbocycles. The highest BCUT2D eigenvalue weighted by Crippen LogP contribution is 2.24. The first-order valence-electron chi connectivity index (χ1n) is 7.71. The average Bonchev–Trinajstić information content (AvgIpc) is 2.45. The molecule has 5 nitrogen and oxygen atoms in total. The van der Waals surface area contributed by atoms with E-state index in [1.165, 1.54) is 0 Å². The number of hydrogen-bond donors (Lipinski definition) is 1. The minimum atomic E-state index is -0.331. The van der Waals surface area contributed by atoms with Gasteiger partial charge in [0.1, 0.15) is 0 Å². The third-order valence-electron chi connectivity index (χ3n) is 3.74. The Balaban J connectivity index is 2.93. The van der Waals surface area contributed by atoms with E-state index in [-0.39, 0.29) is 10.6 Å². The van der Waals surface area contributed by atoms with Crippen molar-refractivity contribution in [2.75, 3.05) is 18.9 Å². The molecule has 1 atom stereocenters. The quantitative estimate of drug-likeness (QED) is 0.551. The van der Waals surface area contributed by atoms with Gasteiger partial charge in [-0.2, -0.15) is 0 Å². The smallest absolute Gasteiger partial charge is 0.269 e. The Morgan fingerprint density at radius 3 is 2.62 bits per heavy atom. The number of anilines is 1. The SMILES string of the molecule is CCCNc1ccc([N+](=O)[O-])cc1CN(C)C(C)CCC. The van der Waals surface area contributed by atoms with Crippen LogP contribution >= 0.6 is 0 Å². The molecule has 0 fully saturated rings. The summed E-state index contributed by atoms with van der Waals surface area (Å²) in [6.45, 7) is 8.06. The van der Waals surface area contributed by atoms with Crippen molar-refractivity contribution in [2.24, 2.45) is 0 Å². The van der Waals surface area contributed by atoms with Crippen LogP contribution in [0.5, 0.6) is 0 Å². The summed E-state index contributed by atoms with van der Waals surface area (Å²) in [6, 6.07) is 5.54. The Morgan fingerprint density at radius 1 is 1.33 bits per heavy atom. The number of non-ortho nitro benzene ring substituents is 1. The number of nitrogens with one attached hydrogen (secondary N) is 1. The fourth-order valence-electron chi connectivity index (χ4n) is 2.32. The molecule has 0 aliphatic rings. The molecular formula is C16H27N3O2. The van der Waals surface area contributed by atoms with Crippen molar-refractivity contribution in [3.05, 3.63) is 33.9 Å². The third kappa shape index (κ3) is 5.34. The summed E-state index contributed by atoms with van der Waals surface area (Å²) >= 11 is 0. The third-order valence-corrected chi connectivity index (χ3v) is 3.74. The highest BCUT2D eigenvalue weighted by atomic mass is 16.6. The molecule has 1 aromatic rings. The van der Waals surface area contributed by atoms with Crippen molar-refractivity contribution in [1.82, 2.24) is 4.90 Å². The minimum absolute atomic E-state index is 0.156. The predicted octanol–water partition coefficient (Wildman–Crippen LogP) is 4.04. The van der Waals surface area contributed by atoms with Gasteiger partial charge in [0.25, 0.3) is 5.69 Å². The second-order valence-electron chi connectivity index (χ2n) is 5.58. The molecular weight excluding hydrogens is 266 g/mol. The van der Waals surface area contributed by atoms with E-state index in [1.807, 2.05) is 6.07 Å². The van der Waals surface area contributed by atoms with Gasteiger partial charge in [-0.25, -0.2) is 0 Å². The summed E-state index contributed by atoms with van der Waals surface area (Å²) in [4.78, 5) is 12.9. The van der Waals surface area contributed by atoms with E-state index in [1.54, 1.807) is 12.1 Å². The zero-order valence-corrected chi connectivity index (χ0v) is 13.6. The Bertz CT molecular complexity index is 463. The van der Waals surface area contributed by atoms with Crippen LogP contribution < -0.4 is 5.32 Å². The van der Waals surface area contributed by atoms with Crippen molar-refractivity contribution in [3.8, 4) is 0 Å². The second-order valence-corrected chi connectivity index (χ2v) is 5.58. The fourth-order valence-corrected chi connectivity index (χ4v) is 2.32. The standard InChI is InChI=1S/C16H27N3O2/c1-5-7-13(3)18(4)12-14-11-15(19(20)21)8-9-16(14)17-10-6-2/h8-9,11,13,17H,5-7,10,12H2,1-4H3. The first kappa shape index (κ1) is 17.4. The normalized spacial score (nSPS) is 12.4. The molecule has 0 bridgehead atoms. The maximum atomic E-state index is 11.0. The summed E-state index contributed by atoms with van der Waals surface area (Å²) in [7, 11) is 2.07. The van der Waals surface area contributed by atoms with Crippen LogP contribution in [0, 0.1) is 10.1 Å². The summed E-state index contributed by atoms with van der Waals surface area (Å²) in [5.41, 5.74) is 2.14. The number of benzene rings is 1. The van der Waals surface area contributed by atoms with Gasteiger partial charge in [0, 0.05) is 37.0 Å². The van der Waals surface area contributed by atoms with Crippen LogP contribution in [0.1, 0.15) is 45.6 Å². The van der Waals surface area contributed by atoms with Crippen LogP contribution in [0.25, 0.3) is 0 Å². The highest BCUT2D eigenvalue weighted by Gasteiger charge is 2.14. The van der Waals surface area contributed by atoms with Gasteiger partial charge in [0.15, 0.2) is 0 Å². The summed E-state index contributed by atoms with van der Waals surface area (Å²) in [5.74, 6) is 0. The first-order chi connectivity index (χ1) is 9.99. The largest absolute Gasteiger partial charge is 0.385 e. The lowest BCUT2D eigenvalue weighted by Gasteiger charge is -2.25. The van der Waals surface area contributed by atoms with Crippen LogP contribution in [0.15, 0.2) is 18.2 Å². The predicted molar refractivity (Wildman–Crippen MR) is 87.7 cm³/mol. The molecule has 0 spiro atoms.